The molecular weight excluding hydrogens is 314 g/mol. The molecule has 0 aliphatic rings. The molecule has 0 fully saturated rings. The quantitative estimate of drug-likeness (QED) is 0.779. The number of anilines is 1. The highest BCUT2D eigenvalue weighted by atomic mass is 16.3. The van der Waals surface area contributed by atoms with Crippen LogP contribution in [0.2, 0.25) is 0 Å². The van der Waals surface area contributed by atoms with Gasteiger partial charge in [0, 0.05) is 19.8 Å². The number of hydrogen-bond acceptors (Lipinski definition) is 4. The van der Waals surface area contributed by atoms with Crippen molar-refractivity contribution in [2.45, 2.75) is 6.54 Å². The molecule has 0 atom stereocenters. The van der Waals surface area contributed by atoms with Crippen molar-refractivity contribution in [1.29, 1.82) is 0 Å². The van der Waals surface area contributed by atoms with E-state index in [9.17, 15) is 9.90 Å². The molecule has 1 N–H and O–H groups in total. The van der Waals surface area contributed by atoms with Gasteiger partial charge in [0.1, 0.15) is 5.82 Å². The van der Waals surface area contributed by atoms with E-state index in [1.165, 1.54) is 4.57 Å². The fraction of sp³-hybridized carbons (Fsp3) is 0.200. The average molecular weight is 335 g/mol. The molecule has 3 rings (SSSR count). The molecule has 1 heterocycles. The van der Waals surface area contributed by atoms with E-state index >= 15 is 0 Å². The molecule has 0 amide bonds. The van der Waals surface area contributed by atoms with Crippen LogP contribution in [0.1, 0.15) is 11.4 Å². The Balaban J connectivity index is 2.02. The molecular formula is C20H21N3O2. The predicted molar refractivity (Wildman–Crippen MR) is 103 cm³/mol. The minimum atomic E-state index is -0.137. The fourth-order valence-corrected chi connectivity index (χ4v) is 2.68. The smallest absolute Gasteiger partial charge is 0.261 e. The second kappa shape index (κ2) is 7.32. The number of rotatable bonds is 5. The predicted octanol–water partition coefficient (Wildman–Crippen LogP) is 2.63. The number of fused-ring (bicyclic) bond motifs is 1. The summed E-state index contributed by atoms with van der Waals surface area (Å²) < 4.78 is 1.51. The van der Waals surface area contributed by atoms with E-state index in [0.29, 0.717) is 16.7 Å². The van der Waals surface area contributed by atoms with Crippen LogP contribution in [-0.2, 0) is 6.54 Å². The lowest BCUT2D eigenvalue weighted by Gasteiger charge is -2.12. The molecule has 0 saturated heterocycles. The topological polar surface area (TPSA) is 58.4 Å². The molecule has 0 radical (unpaired) electrons. The highest BCUT2D eigenvalue weighted by molar-refractivity contribution is 5.79. The van der Waals surface area contributed by atoms with Crippen LogP contribution in [0.5, 0.6) is 0 Å². The highest BCUT2D eigenvalue weighted by Gasteiger charge is 2.08. The summed E-state index contributed by atoms with van der Waals surface area (Å²) in [6.45, 7) is 0.105. The standard InChI is InChI=1S/C20H21N3O2/c1-22(2)16-10-7-15(8-11-16)9-12-19-21-18-6-4-3-5-17(18)20(25)23(19)13-14-24/h3-12,24H,13-14H2,1-2H3/b12-9+. The maximum Gasteiger partial charge on any atom is 0.261 e. The minimum absolute atomic E-state index is 0.113. The van der Waals surface area contributed by atoms with Crippen molar-refractivity contribution in [3.8, 4) is 0 Å². The molecule has 0 aliphatic carbocycles. The number of aliphatic hydroxyl groups is 1. The van der Waals surface area contributed by atoms with Crippen molar-refractivity contribution in [3.63, 3.8) is 0 Å². The van der Waals surface area contributed by atoms with Crippen LogP contribution in [-0.4, -0.2) is 35.4 Å². The molecule has 0 spiro atoms. The van der Waals surface area contributed by atoms with E-state index in [2.05, 4.69) is 4.98 Å². The molecule has 0 unspecified atom stereocenters. The van der Waals surface area contributed by atoms with Gasteiger partial charge in [-0.15, -0.1) is 0 Å². The van der Waals surface area contributed by atoms with Gasteiger partial charge in [0.05, 0.1) is 24.1 Å². The van der Waals surface area contributed by atoms with Gasteiger partial charge in [-0.2, -0.15) is 0 Å². The third-order valence-corrected chi connectivity index (χ3v) is 4.05. The van der Waals surface area contributed by atoms with Crippen molar-refractivity contribution in [3.05, 3.63) is 70.3 Å². The lowest BCUT2D eigenvalue weighted by molar-refractivity contribution is 0.273. The first-order valence-corrected chi connectivity index (χ1v) is 8.16. The molecule has 1 aromatic heterocycles. The van der Waals surface area contributed by atoms with Crippen molar-refractivity contribution in [2.24, 2.45) is 0 Å². The second-order valence-electron chi connectivity index (χ2n) is 5.99. The fourth-order valence-electron chi connectivity index (χ4n) is 2.68. The zero-order chi connectivity index (χ0) is 17.8. The van der Waals surface area contributed by atoms with Crippen molar-refractivity contribution < 1.29 is 5.11 Å². The van der Waals surface area contributed by atoms with Crippen LogP contribution >= 0.6 is 0 Å². The third kappa shape index (κ3) is 3.61. The first-order chi connectivity index (χ1) is 12.1. The van der Waals surface area contributed by atoms with Crippen LogP contribution in [0.15, 0.2) is 53.3 Å². The van der Waals surface area contributed by atoms with E-state index in [4.69, 9.17) is 0 Å². The number of aromatic nitrogens is 2. The molecule has 3 aromatic rings. The molecule has 0 saturated carbocycles. The third-order valence-electron chi connectivity index (χ3n) is 4.05. The summed E-state index contributed by atoms with van der Waals surface area (Å²) >= 11 is 0. The van der Waals surface area contributed by atoms with E-state index in [-0.39, 0.29) is 18.7 Å². The summed E-state index contributed by atoms with van der Waals surface area (Å²) in [5.41, 5.74) is 2.66. The van der Waals surface area contributed by atoms with Gasteiger partial charge in [0.25, 0.3) is 5.56 Å². The Morgan fingerprint density at radius 3 is 2.48 bits per heavy atom. The summed E-state index contributed by atoms with van der Waals surface area (Å²) in [7, 11) is 3.99. The molecule has 128 valence electrons. The minimum Gasteiger partial charge on any atom is -0.395 e. The second-order valence-corrected chi connectivity index (χ2v) is 5.99. The summed E-state index contributed by atoms with van der Waals surface area (Å²) in [4.78, 5) is 19.3. The van der Waals surface area contributed by atoms with E-state index in [1.807, 2.05) is 73.6 Å². The zero-order valence-corrected chi connectivity index (χ0v) is 14.4. The Morgan fingerprint density at radius 1 is 1.08 bits per heavy atom. The first-order valence-electron chi connectivity index (χ1n) is 8.16. The van der Waals surface area contributed by atoms with Crippen LogP contribution in [0.4, 0.5) is 5.69 Å². The van der Waals surface area contributed by atoms with Crippen LogP contribution in [0.3, 0.4) is 0 Å². The zero-order valence-electron chi connectivity index (χ0n) is 14.4. The van der Waals surface area contributed by atoms with Crippen molar-refractivity contribution >= 4 is 28.7 Å². The molecule has 2 aromatic carbocycles. The number of para-hydroxylation sites is 1. The van der Waals surface area contributed by atoms with Crippen LogP contribution < -0.4 is 10.5 Å². The lowest BCUT2D eigenvalue weighted by atomic mass is 10.2. The Hall–Kier alpha value is -2.92. The number of aliphatic hydroxyl groups excluding tert-OH is 1. The Bertz CT molecular complexity index is 957. The molecule has 0 bridgehead atoms. The van der Waals surface area contributed by atoms with Crippen LogP contribution in [0.25, 0.3) is 23.1 Å². The van der Waals surface area contributed by atoms with Gasteiger partial charge in [0.2, 0.25) is 0 Å². The lowest BCUT2D eigenvalue weighted by Crippen LogP contribution is -2.25. The van der Waals surface area contributed by atoms with Gasteiger partial charge < -0.3 is 10.0 Å². The van der Waals surface area contributed by atoms with Gasteiger partial charge in [-0.25, -0.2) is 4.98 Å². The number of hydrogen-bond donors (Lipinski definition) is 1. The van der Waals surface area contributed by atoms with Crippen molar-refractivity contribution in [2.75, 3.05) is 25.6 Å². The molecule has 25 heavy (non-hydrogen) atoms. The highest BCUT2D eigenvalue weighted by Crippen LogP contribution is 2.15. The average Bonchev–Trinajstić information content (AvgIpc) is 2.63. The largest absolute Gasteiger partial charge is 0.395 e. The summed E-state index contributed by atoms with van der Waals surface area (Å²) in [6.07, 6.45) is 3.73. The monoisotopic (exact) mass is 335 g/mol. The Kier molecular flexibility index (Phi) is 4.95. The maximum atomic E-state index is 12.6. The van der Waals surface area contributed by atoms with Gasteiger partial charge >= 0.3 is 0 Å². The first kappa shape index (κ1) is 16.9. The van der Waals surface area contributed by atoms with Crippen molar-refractivity contribution in [1.82, 2.24) is 9.55 Å². The molecule has 5 heteroatoms. The summed E-state index contributed by atoms with van der Waals surface area (Å²) in [5, 5.41) is 9.85. The van der Waals surface area contributed by atoms with Gasteiger partial charge in [-0.3, -0.25) is 9.36 Å². The SMILES string of the molecule is CN(C)c1ccc(/C=C/c2nc3ccccc3c(=O)n2CCO)cc1. The number of nitrogens with zero attached hydrogens (tertiary/aromatic N) is 3. The van der Waals surface area contributed by atoms with E-state index < -0.39 is 0 Å². The Morgan fingerprint density at radius 2 is 1.80 bits per heavy atom. The Labute approximate surface area is 146 Å². The summed E-state index contributed by atoms with van der Waals surface area (Å²) in [6, 6.07) is 15.4. The molecule has 5 nitrogen and oxygen atoms in total. The maximum absolute atomic E-state index is 12.6. The van der Waals surface area contributed by atoms with Gasteiger partial charge in [0.15, 0.2) is 0 Å². The normalized spacial score (nSPS) is 11.3. The molecule has 0 aliphatic heterocycles. The van der Waals surface area contributed by atoms with Crippen LogP contribution in [0, 0.1) is 0 Å². The summed E-state index contributed by atoms with van der Waals surface area (Å²) in [5.74, 6) is 0.537. The van der Waals surface area contributed by atoms with Gasteiger partial charge in [-0.05, 0) is 35.9 Å². The van der Waals surface area contributed by atoms with Gasteiger partial charge in [-0.1, -0.05) is 30.3 Å². The number of benzene rings is 2. The van der Waals surface area contributed by atoms with E-state index in [1.54, 1.807) is 6.07 Å². The van der Waals surface area contributed by atoms with E-state index in [0.717, 1.165) is 11.3 Å².